The van der Waals surface area contributed by atoms with Crippen LogP contribution in [0.2, 0.25) is 0 Å². The highest BCUT2D eigenvalue weighted by Crippen LogP contribution is 2.39. The number of rotatable bonds is 14. The largest absolute Gasteiger partial charge is 0.495 e. The van der Waals surface area contributed by atoms with E-state index in [9.17, 15) is 19.5 Å². The van der Waals surface area contributed by atoms with Crippen LogP contribution in [-0.4, -0.2) is 64.7 Å². The van der Waals surface area contributed by atoms with Crippen molar-refractivity contribution in [3.8, 4) is 5.75 Å². The predicted octanol–water partition coefficient (Wildman–Crippen LogP) is 6.07. The summed E-state index contributed by atoms with van der Waals surface area (Å²) in [6.45, 7) is 6.16. The van der Waals surface area contributed by atoms with Gasteiger partial charge in [-0.1, -0.05) is 67.4 Å². The number of hydrogen-bond donors (Lipinski definition) is 4. The molecular formula is C36H45N5O5. The molecule has 244 valence electrons. The Kier molecular flexibility index (Phi) is 10.3. The topological polar surface area (TPSA) is 123 Å². The van der Waals surface area contributed by atoms with E-state index >= 15 is 0 Å². The van der Waals surface area contributed by atoms with Crippen LogP contribution >= 0.6 is 0 Å². The molecule has 3 aromatic rings. The van der Waals surface area contributed by atoms with Gasteiger partial charge in [0.1, 0.15) is 11.3 Å². The highest BCUT2D eigenvalue weighted by atomic mass is 16.5. The molecule has 5 amide bonds. The molecule has 1 aliphatic heterocycles. The molecule has 1 saturated carbocycles. The van der Waals surface area contributed by atoms with Crippen LogP contribution in [0.1, 0.15) is 62.3 Å². The maximum Gasteiger partial charge on any atom is 0.328 e. The number of imide groups is 1. The van der Waals surface area contributed by atoms with E-state index in [1.54, 1.807) is 30.9 Å². The van der Waals surface area contributed by atoms with Crippen LogP contribution < -0.4 is 20.7 Å². The van der Waals surface area contributed by atoms with Gasteiger partial charge in [0.15, 0.2) is 0 Å². The fourth-order valence-corrected chi connectivity index (χ4v) is 6.06. The number of hydrogen-bond acceptors (Lipinski definition) is 6. The standard InChI is InChI=1S/C36H45N5O5/c1-24-10-8-9-13-29(24)38-34(44)39-31-17-16-26(21-32(31)46-4)23-40-35(45)41(33(43)36(40,2)3)28(20-25-14-15-25)22-37-30(18-19-42)27-11-6-5-7-12-27/h5-13,16-17,21,25,28,30,37,42H,14-15,18-20,22-23H2,1-4H3,(H2,38,39,44). The van der Waals surface area contributed by atoms with Crippen molar-refractivity contribution in [3.05, 3.63) is 89.5 Å². The number of ether oxygens (including phenoxy) is 1. The number of benzene rings is 3. The molecule has 1 aliphatic carbocycles. The lowest BCUT2D eigenvalue weighted by atomic mass is 10.0. The van der Waals surface area contributed by atoms with Gasteiger partial charge < -0.3 is 30.7 Å². The normalized spacial score (nSPS) is 17.2. The van der Waals surface area contributed by atoms with Crippen molar-refractivity contribution in [2.75, 3.05) is 30.9 Å². The Morgan fingerprint density at radius 3 is 2.37 bits per heavy atom. The molecule has 2 fully saturated rings. The van der Waals surface area contributed by atoms with E-state index in [2.05, 4.69) is 16.0 Å². The number of aliphatic hydroxyl groups excluding tert-OH is 1. The monoisotopic (exact) mass is 627 g/mol. The van der Waals surface area contributed by atoms with E-state index < -0.39 is 11.6 Å². The van der Waals surface area contributed by atoms with E-state index in [4.69, 9.17) is 4.74 Å². The zero-order valence-corrected chi connectivity index (χ0v) is 27.1. The lowest BCUT2D eigenvalue weighted by Gasteiger charge is -2.29. The molecule has 0 bridgehead atoms. The molecule has 2 unspecified atom stereocenters. The molecule has 3 aromatic carbocycles. The minimum Gasteiger partial charge on any atom is -0.495 e. The second-order valence-corrected chi connectivity index (χ2v) is 12.7. The molecule has 4 N–H and O–H groups in total. The van der Waals surface area contributed by atoms with E-state index in [1.165, 1.54) is 12.0 Å². The lowest BCUT2D eigenvalue weighted by molar-refractivity contribution is -0.133. The van der Waals surface area contributed by atoms with Crippen molar-refractivity contribution in [2.45, 2.75) is 70.6 Å². The van der Waals surface area contributed by atoms with Gasteiger partial charge in [-0.3, -0.25) is 9.69 Å². The Morgan fingerprint density at radius 1 is 1.00 bits per heavy atom. The van der Waals surface area contributed by atoms with Gasteiger partial charge in [-0.25, -0.2) is 9.59 Å². The van der Waals surface area contributed by atoms with Crippen molar-refractivity contribution < 1.29 is 24.2 Å². The summed E-state index contributed by atoms with van der Waals surface area (Å²) in [7, 11) is 1.52. The number of nitrogens with one attached hydrogen (secondary N) is 3. The zero-order valence-electron chi connectivity index (χ0n) is 27.1. The molecule has 1 heterocycles. The van der Waals surface area contributed by atoms with Crippen molar-refractivity contribution in [1.82, 2.24) is 15.1 Å². The van der Waals surface area contributed by atoms with Crippen LogP contribution in [0.4, 0.5) is 21.0 Å². The summed E-state index contributed by atoms with van der Waals surface area (Å²) >= 11 is 0. The van der Waals surface area contributed by atoms with Gasteiger partial charge >= 0.3 is 12.1 Å². The Bertz CT molecular complexity index is 1540. The number of carbonyl (C=O) groups excluding carboxylic acids is 3. The van der Waals surface area contributed by atoms with Gasteiger partial charge in [0.2, 0.25) is 0 Å². The molecule has 2 aliphatic rings. The highest BCUT2D eigenvalue weighted by molar-refractivity contribution is 6.07. The van der Waals surface area contributed by atoms with E-state index in [-0.39, 0.29) is 37.2 Å². The molecule has 10 heteroatoms. The summed E-state index contributed by atoms with van der Waals surface area (Å²) in [5.41, 5.74) is 2.90. The Balaban J connectivity index is 1.30. The Morgan fingerprint density at radius 2 is 1.70 bits per heavy atom. The number of urea groups is 2. The summed E-state index contributed by atoms with van der Waals surface area (Å²) in [6.07, 6.45) is 3.47. The minimum absolute atomic E-state index is 0.0252. The number of aliphatic hydroxyl groups is 1. The minimum atomic E-state index is -1.06. The average Bonchev–Trinajstić information content (AvgIpc) is 3.85. The fraction of sp³-hybridized carbons (Fsp3) is 0.417. The van der Waals surface area contributed by atoms with Crippen LogP contribution in [-0.2, 0) is 11.3 Å². The number of carbonyl (C=O) groups is 3. The van der Waals surface area contributed by atoms with Crippen LogP contribution in [0.3, 0.4) is 0 Å². The van der Waals surface area contributed by atoms with Crippen molar-refractivity contribution >= 4 is 29.3 Å². The van der Waals surface area contributed by atoms with Crippen LogP contribution in [0, 0.1) is 12.8 Å². The number of para-hydroxylation sites is 1. The average molecular weight is 628 g/mol. The van der Waals surface area contributed by atoms with E-state index in [0.717, 1.165) is 36.0 Å². The summed E-state index contributed by atoms with van der Waals surface area (Å²) < 4.78 is 5.60. The van der Waals surface area contributed by atoms with Gasteiger partial charge in [-0.05, 0) is 74.4 Å². The molecule has 10 nitrogen and oxygen atoms in total. The molecular weight excluding hydrogens is 582 g/mol. The third kappa shape index (κ3) is 7.51. The smallest absolute Gasteiger partial charge is 0.328 e. The van der Waals surface area contributed by atoms with E-state index in [0.29, 0.717) is 36.0 Å². The lowest BCUT2D eigenvalue weighted by Crippen LogP contribution is -2.48. The first-order chi connectivity index (χ1) is 22.1. The number of nitrogens with zero attached hydrogens (tertiary/aromatic N) is 2. The van der Waals surface area contributed by atoms with Gasteiger partial charge in [-0.15, -0.1) is 0 Å². The second-order valence-electron chi connectivity index (χ2n) is 12.7. The van der Waals surface area contributed by atoms with Crippen molar-refractivity contribution in [3.63, 3.8) is 0 Å². The maximum absolute atomic E-state index is 14.1. The Labute approximate surface area is 271 Å². The molecule has 46 heavy (non-hydrogen) atoms. The van der Waals surface area contributed by atoms with Crippen molar-refractivity contribution in [1.29, 1.82) is 0 Å². The van der Waals surface area contributed by atoms with Crippen molar-refractivity contribution in [2.24, 2.45) is 5.92 Å². The number of amides is 5. The fourth-order valence-electron chi connectivity index (χ4n) is 6.06. The molecule has 5 rings (SSSR count). The first-order valence-corrected chi connectivity index (χ1v) is 16.0. The van der Waals surface area contributed by atoms with Gasteiger partial charge in [0.05, 0.1) is 18.8 Å². The third-order valence-corrected chi connectivity index (χ3v) is 8.99. The SMILES string of the molecule is COc1cc(CN2C(=O)N(C(CNC(CCO)c3ccccc3)CC3CC3)C(=O)C2(C)C)ccc1NC(=O)Nc1ccccc1C. The molecule has 0 spiro atoms. The maximum atomic E-state index is 14.1. The first kappa shape index (κ1) is 33.0. The summed E-state index contributed by atoms with van der Waals surface area (Å²) in [5.74, 6) is 0.711. The van der Waals surface area contributed by atoms with Gasteiger partial charge in [0.25, 0.3) is 5.91 Å². The molecule has 0 radical (unpaired) electrons. The molecule has 1 saturated heterocycles. The van der Waals surface area contributed by atoms with Gasteiger partial charge in [0, 0.05) is 31.4 Å². The summed E-state index contributed by atoms with van der Waals surface area (Å²) in [5, 5.41) is 19.0. The van der Waals surface area contributed by atoms with E-state index in [1.807, 2.05) is 67.6 Å². The van der Waals surface area contributed by atoms with Crippen LogP contribution in [0.25, 0.3) is 0 Å². The number of anilines is 2. The zero-order chi connectivity index (χ0) is 32.8. The second kappa shape index (κ2) is 14.3. The van der Waals surface area contributed by atoms with Crippen LogP contribution in [0.15, 0.2) is 72.8 Å². The summed E-state index contributed by atoms with van der Waals surface area (Å²) in [6, 6.07) is 21.7. The Hall–Kier alpha value is -4.41. The molecule has 2 atom stereocenters. The summed E-state index contributed by atoms with van der Waals surface area (Å²) in [4.78, 5) is 43.8. The highest BCUT2D eigenvalue weighted by Gasteiger charge is 2.53. The third-order valence-electron chi connectivity index (χ3n) is 8.99. The first-order valence-electron chi connectivity index (χ1n) is 16.0. The van der Waals surface area contributed by atoms with Crippen LogP contribution in [0.5, 0.6) is 5.75 Å². The number of aryl methyl sites for hydroxylation is 1. The molecule has 0 aromatic heterocycles. The number of methoxy groups -OCH3 is 1. The quantitative estimate of drug-likeness (QED) is 0.161. The predicted molar refractivity (Wildman–Crippen MR) is 179 cm³/mol. The van der Waals surface area contributed by atoms with Gasteiger partial charge in [-0.2, -0.15) is 0 Å².